The zero-order valence-electron chi connectivity index (χ0n) is 13.1. The molecule has 0 aromatic carbocycles. The summed E-state index contributed by atoms with van der Waals surface area (Å²) in [5.41, 5.74) is 5.83. The van der Waals surface area contributed by atoms with Crippen LogP contribution < -0.4 is 5.73 Å². The summed E-state index contributed by atoms with van der Waals surface area (Å²) in [4.78, 5) is 8.42. The molecule has 9 nitrogen and oxygen atoms in total. The van der Waals surface area contributed by atoms with E-state index in [2.05, 4.69) is 15.1 Å². The molecule has 1 atom stereocenters. The third-order valence-corrected chi connectivity index (χ3v) is 5.41. The second-order valence-corrected chi connectivity index (χ2v) is 7.13. The van der Waals surface area contributed by atoms with E-state index in [1.54, 1.807) is 13.0 Å². The molecule has 1 fully saturated rings. The maximum atomic E-state index is 12.5. The molecule has 0 saturated carbocycles. The number of pyridine rings is 1. The first-order valence-electron chi connectivity index (χ1n) is 7.20. The number of sulfonamides is 1. The van der Waals surface area contributed by atoms with Gasteiger partial charge in [-0.1, -0.05) is 0 Å². The third kappa shape index (κ3) is 3.57. The Morgan fingerprint density at radius 3 is 2.54 bits per heavy atom. The maximum absolute atomic E-state index is 12.5. The van der Waals surface area contributed by atoms with Gasteiger partial charge < -0.3 is 10.5 Å². The SMILES string of the molecule is CC(N)c1ncnn1-c1ccc(S(=O)(=O)N2CCOCC2)cn1.Cl. The Morgan fingerprint density at radius 2 is 1.96 bits per heavy atom. The van der Waals surface area contributed by atoms with E-state index in [1.807, 2.05) is 0 Å². The van der Waals surface area contributed by atoms with Crippen LogP contribution in [0.5, 0.6) is 0 Å². The van der Waals surface area contributed by atoms with Crippen LogP contribution in [0.3, 0.4) is 0 Å². The number of nitrogens with two attached hydrogens (primary N) is 1. The molecule has 1 aliphatic heterocycles. The van der Waals surface area contributed by atoms with Crippen molar-refractivity contribution in [2.45, 2.75) is 17.9 Å². The Labute approximate surface area is 146 Å². The highest BCUT2D eigenvalue weighted by Crippen LogP contribution is 2.18. The van der Waals surface area contributed by atoms with Crippen LogP contribution in [0.25, 0.3) is 5.82 Å². The molecule has 2 N–H and O–H groups in total. The minimum Gasteiger partial charge on any atom is -0.379 e. The average Bonchev–Trinajstić information content (AvgIpc) is 3.06. The van der Waals surface area contributed by atoms with Crippen molar-refractivity contribution in [2.75, 3.05) is 26.3 Å². The van der Waals surface area contributed by atoms with E-state index >= 15 is 0 Å². The van der Waals surface area contributed by atoms with Crippen LogP contribution in [0.15, 0.2) is 29.6 Å². The molecule has 132 valence electrons. The molecule has 0 spiro atoms. The Balaban J connectivity index is 0.00000208. The van der Waals surface area contributed by atoms with Crippen molar-refractivity contribution in [2.24, 2.45) is 5.73 Å². The van der Waals surface area contributed by atoms with Crippen LogP contribution in [-0.2, 0) is 14.8 Å². The number of hydrogen-bond donors (Lipinski definition) is 1. The molecule has 0 radical (unpaired) electrons. The van der Waals surface area contributed by atoms with E-state index in [4.69, 9.17) is 10.5 Å². The largest absolute Gasteiger partial charge is 0.379 e. The zero-order chi connectivity index (χ0) is 16.4. The monoisotopic (exact) mass is 374 g/mol. The van der Waals surface area contributed by atoms with Gasteiger partial charge in [-0.25, -0.2) is 18.4 Å². The molecular formula is C13H19ClN6O3S. The fraction of sp³-hybridized carbons (Fsp3) is 0.462. The van der Waals surface area contributed by atoms with Crippen LogP contribution in [0.1, 0.15) is 18.8 Å². The van der Waals surface area contributed by atoms with E-state index in [0.29, 0.717) is 37.9 Å². The van der Waals surface area contributed by atoms with Crippen molar-refractivity contribution in [3.05, 3.63) is 30.5 Å². The predicted molar refractivity (Wildman–Crippen MR) is 88.6 cm³/mol. The second-order valence-electron chi connectivity index (χ2n) is 5.19. The highest BCUT2D eigenvalue weighted by molar-refractivity contribution is 7.89. The molecular weight excluding hydrogens is 356 g/mol. The second kappa shape index (κ2) is 7.53. The summed E-state index contributed by atoms with van der Waals surface area (Å²) in [6, 6.07) is 2.80. The van der Waals surface area contributed by atoms with E-state index in [0.717, 1.165) is 0 Å². The van der Waals surface area contributed by atoms with Crippen molar-refractivity contribution in [1.29, 1.82) is 0 Å². The van der Waals surface area contributed by atoms with Gasteiger partial charge in [-0.05, 0) is 19.1 Å². The molecule has 3 heterocycles. The number of ether oxygens (including phenoxy) is 1. The molecule has 0 amide bonds. The number of hydrogen-bond acceptors (Lipinski definition) is 7. The summed E-state index contributed by atoms with van der Waals surface area (Å²) in [6.45, 7) is 3.30. The smallest absolute Gasteiger partial charge is 0.244 e. The molecule has 3 rings (SSSR count). The molecule has 11 heteroatoms. The van der Waals surface area contributed by atoms with Gasteiger partial charge in [0.25, 0.3) is 0 Å². The molecule has 0 bridgehead atoms. The standard InChI is InChI=1S/C13H18N6O3S.ClH/c1-10(14)13-16-9-17-19(13)12-3-2-11(8-15-12)23(20,21)18-4-6-22-7-5-18;/h2-3,8-10H,4-7,14H2,1H3;1H. The van der Waals surface area contributed by atoms with Gasteiger partial charge in [-0.2, -0.15) is 14.1 Å². The van der Waals surface area contributed by atoms with E-state index in [-0.39, 0.29) is 23.3 Å². The van der Waals surface area contributed by atoms with Gasteiger partial charge in [0.1, 0.15) is 11.2 Å². The van der Waals surface area contributed by atoms with Gasteiger partial charge in [0, 0.05) is 19.3 Å². The molecule has 1 unspecified atom stereocenters. The molecule has 0 aliphatic carbocycles. The first kappa shape index (κ1) is 18.7. The minimum atomic E-state index is -3.55. The topological polar surface area (TPSA) is 116 Å². The Morgan fingerprint density at radius 1 is 1.25 bits per heavy atom. The summed E-state index contributed by atoms with van der Waals surface area (Å²) < 4.78 is 33.1. The van der Waals surface area contributed by atoms with Gasteiger partial charge in [0.05, 0.1) is 19.3 Å². The fourth-order valence-corrected chi connectivity index (χ4v) is 3.68. The molecule has 2 aromatic heterocycles. The van der Waals surface area contributed by atoms with Gasteiger partial charge in [0.15, 0.2) is 11.6 Å². The number of rotatable bonds is 4. The summed E-state index contributed by atoms with van der Waals surface area (Å²) in [5.74, 6) is 1.03. The van der Waals surface area contributed by atoms with Crippen LogP contribution in [0, 0.1) is 0 Å². The Kier molecular flexibility index (Phi) is 5.88. The Bertz CT molecular complexity index is 771. The highest BCUT2D eigenvalue weighted by Gasteiger charge is 2.26. The lowest BCUT2D eigenvalue weighted by atomic mass is 10.3. The summed E-state index contributed by atoms with van der Waals surface area (Å²) in [7, 11) is -3.55. The molecule has 1 saturated heterocycles. The van der Waals surface area contributed by atoms with Crippen molar-refractivity contribution in [3.8, 4) is 5.82 Å². The van der Waals surface area contributed by atoms with Crippen molar-refractivity contribution >= 4 is 22.4 Å². The molecule has 24 heavy (non-hydrogen) atoms. The fourth-order valence-electron chi connectivity index (χ4n) is 2.32. The zero-order valence-corrected chi connectivity index (χ0v) is 14.7. The molecule has 2 aromatic rings. The van der Waals surface area contributed by atoms with Crippen molar-refractivity contribution < 1.29 is 13.2 Å². The van der Waals surface area contributed by atoms with E-state index in [9.17, 15) is 8.42 Å². The van der Waals surface area contributed by atoms with Gasteiger partial charge in [-0.3, -0.25) is 0 Å². The van der Waals surface area contributed by atoms with E-state index in [1.165, 1.54) is 27.6 Å². The summed E-state index contributed by atoms with van der Waals surface area (Å²) >= 11 is 0. The quantitative estimate of drug-likeness (QED) is 0.808. The predicted octanol–water partition coefficient (Wildman–Crippen LogP) is 0.125. The number of halogens is 1. The number of nitrogens with zero attached hydrogens (tertiary/aromatic N) is 5. The lowest BCUT2D eigenvalue weighted by Crippen LogP contribution is -2.40. The van der Waals surface area contributed by atoms with Crippen LogP contribution in [0.4, 0.5) is 0 Å². The van der Waals surface area contributed by atoms with Crippen LogP contribution >= 0.6 is 12.4 Å². The first-order chi connectivity index (χ1) is 11.0. The highest BCUT2D eigenvalue weighted by atomic mass is 35.5. The number of morpholine rings is 1. The average molecular weight is 375 g/mol. The molecule has 1 aliphatic rings. The third-order valence-electron chi connectivity index (χ3n) is 3.53. The minimum absolute atomic E-state index is 0. The summed E-state index contributed by atoms with van der Waals surface area (Å²) in [5, 5.41) is 4.08. The van der Waals surface area contributed by atoms with Crippen LogP contribution in [0.2, 0.25) is 0 Å². The van der Waals surface area contributed by atoms with Gasteiger partial charge in [-0.15, -0.1) is 12.4 Å². The number of aromatic nitrogens is 4. The summed E-state index contributed by atoms with van der Waals surface area (Å²) in [6.07, 6.45) is 2.71. The Hall–Kier alpha value is -1.59. The maximum Gasteiger partial charge on any atom is 0.244 e. The van der Waals surface area contributed by atoms with Crippen molar-refractivity contribution in [3.63, 3.8) is 0 Å². The first-order valence-corrected chi connectivity index (χ1v) is 8.64. The van der Waals surface area contributed by atoms with E-state index < -0.39 is 10.0 Å². The van der Waals surface area contributed by atoms with Crippen LogP contribution in [-0.4, -0.2) is 58.8 Å². The van der Waals surface area contributed by atoms with Crippen molar-refractivity contribution in [1.82, 2.24) is 24.1 Å². The van der Waals surface area contributed by atoms with Gasteiger partial charge >= 0.3 is 0 Å². The van der Waals surface area contributed by atoms with Gasteiger partial charge in [0.2, 0.25) is 10.0 Å². The normalized spacial score (nSPS) is 17.2. The lowest BCUT2D eigenvalue weighted by Gasteiger charge is -2.25. The lowest BCUT2D eigenvalue weighted by molar-refractivity contribution is 0.0730.